The Morgan fingerprint density at radius 3 is 1.47 bits per heavy atom. The van der Waals surface area contributed by atoms with E-state index in [-0.39, 0.29) is 36.2 Å². The van der Waals surface area contributed by atoms with Crippen LogP contribution >= 0.6 is 0 Å². The van der Waals surface area contributed by atoms with Crippen molar-refractivity contribution < 1.29 is 40.0 Å². The van der Waals surface area contributed by atoms with E-state index in [0.29, 0.717) is 0 Å². The van der Waals surface area contributed by atoms with E-state index in [2.05, 4.69) is 13.8 Å². The molecule has 0 saturated heterocycles. The number of hydrogen-bond donors (Lipinski definition) is 0. The van der Waals surface area contributed by atoms with Crippen molar-refractivity contribution in [3.8, 4) is 0 Å². The summed E-state index contributed by atoms with van der Waals surface area (Å²) in [5.41, 5.74) is 0. The van der Waals surface area contributed by atoms with Gasteiger partial charge in [0.25, 0.3) is 0 Å². The summed E-state index contributed by atoms with van der Waals surface area (Å²) in [7, 11) is 0. The first-order valence-electron chi connectivity index (χ1n) is 6.40. The second kappa shape index (κ2) is 26.4. The molecule has 0 heterocycles. The Balaban J connectivity index is -0.000000280. The molecule has 0 atom stereocenters. The van der Waals surface area contributed by atoms with Crippen LogP contribution in [0.2, 0.25) is 0 Å². The Morgan fingerprint density at radius 1 is 0.824 bits per heavy atom. The number of hydrogen-bond acceptors (Lipinski definition) is 3. The molecule has 0 fully saturated rings. The molecule has 17 heavy (non-hydrogen) atoms. The molecule has 0 N–H and O–H groups in total. The third-order valence-corrected chi connectivity index (χ3v) is 4.32. The van der Waals surface area contributed by atoms with E-state index in [9.17, 15) is 5.11 Å². The van der Waals surface area contributed by atoms with Gasteiger partial charge in [0.05, 0.1) is 0 Å². The van der Waals surface area contributed by atoms with Crippen LogP contribution in [0.3, 0.4) is 0 Å². The Hall–Kier alpha value is 1.80. The van der Waals surface area contributed by atoms with Gasteiger partial charge in [-0.1, -0.05) is 19.8 Å². The van der Waals surface area contributed by atoms with Crippen LogP contribution in [0.1, 0.15) is 59.3 Å². The smallest absolute Gasteiger partial charge is 1.00 e. The molecule has 3 nitrogen and oxygen atoms in total. The average Bonchev–Trinajstić information content (AvgIpc) is 2.30. The third kappa shape index (κ3) is 31.9. The topological polar surface area (TPSA) is 41.5 Å². The molecule has 0 aromatic heterocycles. The normalized spacial score (nSPS) is 9.18. The van der Waals surface area contributed by atoms with Crippen LogP contribution in [0.5, 0.6) is 0 Å². The van der Waals surface area contributed by atoms with Crippen molar-refractivity contribution >= 4 is 25.1 Å². The minimum absolute atomic E-state index is 0. The Kier molecular flexibility index (Phi) is 37.0. The summed E-state index contributed by atoms with van der Waals surface area (Å²) in [5.74, 6) is 0. The summed E-state index contributed by atoms with van der Waals surface area (Å²) >= 11 is -1.07. The molecular weight excluding hydrogens is 422 g/mol. The van der Waals surface area contributed by atoms with Crippen LogP contribution in [0.15, 0.2) is 0 Å². The molecule has 5 heteroatoms. The molecule has 0 unspecified atom stereocenters. The largest absolute Gasteiger partial charge is 1.00 e. The van der Waals surface area contributed by atoms with Crippen molar-refractivity contribution in [2.75, 3.05) is 19.8 Å². The van der Waals surface area contributed by atoms with Crippen LogP contribution in [0, 0.1) is 0 Å². The SMILES string of the molecule is CCCC[O-].CCCC[O][Pb][O]CCCC.[Na+]. The molecule has 0 amide bonds. The standard InChI is InChI=1S/3C4H9O.Na.Pb/c3*1-2-3-4-5;;/h3*2-4H2,1H3;;/q3*-1;+1;+2. The predicted molar refractivity (Wildman–Crippen MR) is 67.2 cm³/mol. The fraction of sp³-hybridized carbons (Fsp3) is 1.00. The second-order valence-corrected chi connectivity index (χ2v) is 6.44. The van der Waals surface area contributed by atoms with Crippen LogP contribution in [0.25, 0.3) is 0 Å². The number of rotatable bonds is 10. The van der Waals surface area contributed by atoms with Crippen LogP contribution < -0.4 is 34.7 Å². The van der Waals surface area contributed by atoms with Gasteiger partial charge >= 0.3 is 113 Å². The summed E-state index contributed by atoms with van der Waals surface area (Å²) in [6.45, 7) is 8.30. The van der Waals surface area contributed by atoms with E-state index in [1.807, 2.05) is 6.92 Å². The van der Waals surface area contributed by atoms with Gasteiger partial charge in [-0.25, -0.2) is 0 Å². The summed E-state index contributed by atoms with van der Waals surface area (Å²) in [5, 5.41) is 9.53. The van der Waals surface area contributed by atoms with E-state index < -0.39 is 25.1 Å². The monoisotopic (exact) mass is 450 g/mol. The zero-order valence-corrected chi connectivity index (χ0v) is 18.0. The van der Waals surface area contributed by atoms with Crippen molar-refractivity contribution in [1.82, 2.24) is 0 Å². The van der Waals surface area contributed by atoms with Gasteiger partial charge in [-0.05, 0) is 0 Å². The molecular formula is C12H27NaO3Pb. The minimum Gasteiger partial charge on any atom is 1.00 e. The van der Waals surface area contributed by atoms with E-state index >= 15 is 0 Å². The molecule has 0 aromatic rings. The average molecular weight is 450 g/mol. The third-order valence-electron chi connectivity index (χ3n) is 1.82. The maximum atomic E-state index is 9.53. The molecule has 0 rings (SSSR count). The molecule has 0 bridgehead atoms. The fourth-order valence-corrected chi connectivity index (χ4v) is 2.80. The van der Waals surface area contributed by atoms with Gasteiger partial charge in [-0.3, -0.25) is 0 Å². The van der Waals surface area contributed by atoms with E-state index in [4.69, 9.17) is 5.37 Å². The molecule has 0 aliphatic rings. The molecule has 0 saturated carbocycles. The van der Waals surface area contributed by atoms with Gasteiger partial charge in [0.2, 0.25) is 0 Å². The van der Waals surface area contributed by atoms with E-state index in [1.165, 1.54) is 25.7 Å². The Labute approximate surface area is 143 Å². The van der Waals surface area contributed by atoms with Crippen molar-refractivity contribution in [3.63, 3.8) is 0 Å². The molecule has 2 radical (unpaired) electrons. The van der Waals surface area contributed by atoms with Crippen LogP contribution in [-0.2, 0) is 5.37 Å². The van der Waals surface area contributed by atoms with Crippen molar-refractivity contribution in [1.29, 1.82) is 0 Å². The maximum absolute atomic E-state index is 9.53. The van der Waals surface area contributed by atoms with Gasteiger partial charge in [0.15, 0.2) is 0 Å². The van der Waals surface area contributed by atoms with Gasteiger partial charge in [0, 0.05) is 0 Å². The van der Waals surface area contributed by atoms with E-state index in [0.717, 1.165) is 26.1 Å². The zero-order chi connectivity index (χ0) is 12.5. The first kappa shape index (κ1) is 23.9. The van der Waals surface area contributed by atoms with Crippen molar-refractivity contribution in [2.24, 2.45) is 0 Å². The predicted octanol–water partition coefficient (Wildman–Crippen LogP) is -0.695. The molecule has 0 aromatic carbocycles. The van der Waals surface area contributed by atoms with Gasteiger partial charge < -0.3 is 5.11 Å². The minimum atomic E-state index is -1.07. The quantitative estimate of drug-likeness (QED) is 0.328. The molecule has 0 aliphatic heterocycles. The molecule has 98 valence electrons. The van der Waals surface area contributed by atoms with Gasteiger partial charge in [-0.2, -0.15) is 0 Å². The first-order valence-corrected chi connectivity index (χ1v) is 9.57. The van der Waals surface area contributed by atoms with E-state index in [1.54, 1.807) is 0 Å². The summed E-state index contributed by atoms with van der Waals surface area (Å²) in [4.78, 5) is 0. The Bertz CT molecular complexity index is 97.8. The van der Waals surface area contributed by atoms with Crippen LogP contribution in [0.4, 0.5) is 0 Å². The summed E-state index contributed by atoms with van der Waals surface area (Å²) in [6.07, 6.45) is 6.68. The maximum Gasteiger partial charge on any atom is 1.00 e. The second-order valence-electron chi connectivity index (χ2n) is 3.55. The summed E-state index contributed by atoms with van der Waals surface area (Å²) < 4.78 is 10.8. The first-order chi connectivity index (χ1) is 7.83. The summed E-state index contributed by atoms with van der Waals surface area (Å²) in [6, 6.07) is 0. The van der Waals surface area contributed by atoms with Crippen molar-refractivity contribution in [2.45, 2.75) is 59.3 Å². The molecule has 0 spiro atoms. The fourth-order valence-electron chi connectivity index (χ4n) is 0.702. The van der Waals surface area contributed by atoms with Crippen LogP contribution in [-0.4, -0.2) is 45.0 Å². The molecule has 0 aliphatic carbocycles. The van der Waals surface area contributed by atoms with Crippen molar-refractivity contribution in [3.05, 3.63) is 0 Å². The number of unbranched alkanes of at least 4 members (excludes halogenated alkanes) is 3. The van der Waals surface area contributed by atoms with Gasteiger partial charge in [-0.15, -0.1) is 6.61 Å². The van der Waals surface area contributed by atoms with Gasteiger partial charge in [0.1, 0.15) is 0 Å². The zero-order valence-electron chi connectivity index (χ0n) is 12.1. The Morgan fingerprint density at radius 2 is 1.24 bits per heavy atom.